The molecule has 0 aliphatic rings. The number of carbonyl (C=O) groups excluding carboxylic acids is 6. The van der Waals surface area contributed by atoms with Crippen LogP contribution in [0.2, 0.25) is 0 Å². The third kappa shape index (κ3) is 12.3. The SMILES string of the molecule is CCC(C)C(NC(=O)C(N)CC(N)=O)C(=O)NC(CCC(N)=O)C(=O)NC(CCC(N)=O)C(=O)O. The van der Waals surface area contributed by atoms with Crippen molar-refractivity contribution in [1.29, 1.82) is 0 Å². The van der Waals surface area contributed by atoms with Gasteiger partial charge in [0.25, 0.3) is 0 Å². The predicted molar refractivity (Wildman–Crippen MR) is 122 cm³/mol. The van der Waals surface area contributed by atoms with Crippen molar-refractivity contribution in [3.63, 3.8) is 0 Å². The van der Waals surface area contributed by atoms with Crippen LogP contribution in [0, 0.1) is 5.92 Å². The van der Waals surface area contributed by atoms with Crippen molar-refractivity contribution in [2.24, 2.45) is 28.9 Å². The normalized spacial score (nSPS) is 14.9. The monoisotopic (exact) mass is 501 g/mol. The number of carboxylic acid groups (broad SMARTS) is 1. The van der Waals surface area contributed by atoms with Crippen molar-refractivity contribution in [1.82, 2.24) is 16.0 Å². The van der Waals surface area contributed by atoms with Gasteiger partial charge in [-0.2, -0.15) is 0 Å². The topological polar surface area (TPSA) is 280 Å². The Morgan fingerprint density at radius 2 is 1.23 bits per heavy atom. The maximum atomic E-state index is 13.0. The number of amides is 6. The summed E-state index contributed by atoms with van der Waals surface area (Å²) in [4.78, 5) is 82.7. The second kappa shape index (κ2) is 15.2. The summed E-state index contributed by atoms with van der Waals surface area (Å²) in [5, 5.41) is 16.3. The highest BCUT2D eigenvalue weighted by molar-refractivity contribution is 5.95. The number of aliphatic carboxylic acids is 1. The van der Waals surface area contributed by atoms with Gasteiger partial charge >= 0.3 is 5.97 Å². The van der Waals surface area contributed by atoms with Gasteiger partial charge in [0.15, 0.2) is 0 Å². The molecule has 0 radical (unpaired) electrons. The molecule has 0 saturated carbocycles. The maximum absolute atomic E-state index is 13.0. The third-order valence-electron chi connectivity index (χ3n) is 5.16. The van der Waals surface area contributed by atoms with Crippen molar-refractivity contribution in [2.45, 2.75) is 76.5 Å². The fourth-order valence-corrected chi connectivity index (χ4v) is 2.90. The Labute approximate surface area is 202 Å². The molecule has 35 heavy (non-hydrogen) atoms. The molecular weight excluding hydrogens is 466 g/mol. The summed E-state index contributed by atoms with van der Waals surface area (Å²) in [5.74, 6) is -6.82. The standard InChI is InChI=1S/C20H35N7O8/c1-3-9(2)16(27-17(31)10(21)8-15(24)30)19(33)25-11(4-6-13(22)28)18(32)26-12(20(34)35)5-7-14(23)29/h9-12,16H,3-8,21H2,1-2H3,(H2,22,28)(H2,23,29)(H2,24,30)(H,25,33)(H,26,32)(H,27,31)(H,34,35). The van der Waals surface area contributed by atoms with Gasteiger partial charge in [-0.3, -0.25) is 28.8 Å². The first-order chi connectivity index (χ1) is 16.2. The van der Waals surface area contributed by atoms with E-state index in [1.54, 1.807) is 13.8 Å². The molecule has 198 valence electrons. The van der Waals surface area contributed by atoms with Gasteiger partial charge in [-0.25, -0.2) is 4.79 Å². The van der Waals surface area contributed by atoms with Gasteiger partial charge in [-0.1, -0.05) is 20.3 Å². The third-order valence-corrected chi connectivity index (χ3v) is 5.16. The smallest absolute Gasteiger partial charge is 0.326 e. The summed E-state index contributed by atoms with van der Waals surface area (Å²) in [6, 6.07) is -5.36. The van der Waals surface area contributed by atoms with Gasteiger partial charge in [0.2, 0.25) is 35.4 Å². The Kier molecular flexibility index (Phi) is 13.6. The van der Waals surface area contributed by atoms with Gasteiger partial charge in [-0.15, -0.1) is 0 Å². The molecule has 0 fully saturated rings. The summed E-state index contributed by atoms with van der Waals surface area (Å²) in [6.07, 6.45) is -1.22. The highest BCUT2D eigenvalue weighted by Gasteiger charge is 2.32. The average Bonchev–Trinajstić information content (AvgIpc) is 2.75. The number of hydrogen-bond acceptors (Lipinski definition) is 8. The van der Waals surface area contributed by atoms with E-state index in [1.807, 2.05) is 0 Å². The van der Waals surface area contributed by atoms with Crippen molar-refractivity contribution < 1.29 is 38.7 Å². The highest BCUT2D eigenvalue weighted by Crippen LogP contribution is 2.10. The van der Waals surface area contributed by atoms with Gasteiger partial charge in [-0.05, 0) is 18.8 Å². The molecule has 0 heterocycles. The van der Waals surface area contributed by atoms with Crippen LogP contribution in [-0.2, 0) is 33.6 Å². The van der Waals surface area contributed by atoms with Gasteiger partial charge < -0.3 is 44.0 Å². The maximum Gasteiger partial charge on any atom is 0.326 e. The minimum atomic E-state index is -1.49. The van der Waals surface area contributed by atoms with E-state index in [1.165, 1.54) is 0 Å². The summed E-state index contributed by atoms with van der Waals surface area (Å²) >= 11 is 0. The molecule has 15 heteroatoms. The molecule has 5 atom stereocenters. The lowest BCUT2D eigenvalue weighted by Gasteiger charge is -2.27. The second-order valence-electron chi connectivity index (χ2n) is 8.12. The number of hydrogen-bond donors (Lipinski definition) is 8. The first-order valence-corrected chi connectivity index (χ1v) is 10.9. The lowest BCUT2D eigenvalue weighted by Crippen LogP contribution is -2.59. The van der Waals surface area contributed by atoms with Crippen LogP contribution < -0.4 is 38.9 Å². The Morgan fingerprint density at radius 3 is 1.66 bits per heavy atom. The van der Waals surface area contributed by atoms with Crippen molar-refractivity contribution in [3.05, 3.63) is 0 Å². The Bertz CT molecular complexity index is 819. The van der Waals surface area contributed by atoms with Crippen LogP contribution in [0.5, 0.6) is 0 Å². The van der Waals surface area contributed by atoms with Crippen LogP contribution >= 0.6 is 0 Å². The molecule has 0 saturated heterocycles. The molecule has 0 aromatic carbocycles. The van der Waals surface area contributed by atoms with Crippen LogP contribution in [0.4, 0.5) is 0 Å². The fourth-order valence-electron chi connectivity index (χ4n) is 2.90. The zero-order chi connectivity index (χ0) is 27.3. The number of nitrogens with one attached hydrogen (secondary N) is 3. The molecule has 6 amide bonds. The molecule has 0 aromatic heterocycles. The lowest BCUT2D eigenvalue weighted by atomic mass is 9.97. The number of nitrogens with two attached hydrogens (primary N) is 4. The molecular formula is C20H35N7O8. The molecule has 0 aliphatic heterocycles. The van der Waals surface area contributed by atoms with E-state index in [0.29, 0.717) is 6.42 Å². The molecule has 0 rings (SSSR count). The molecule has 15 nitrogen and oxygen atoms in total. The summed E-state index contributed by atoms with van der Waals surface area (Å²) in [5.41, 5.74) is 20.8. The first-order valence-electron chi connectivity index (χ1n) is 10.9. The van der Waals surface area contributed by atoms with E-state index in [4.69, 9.17) is 22.9 Å². The van der Waals surface area contributed by atoms with Crippen molar-refractivity contribution in [3.8, 4) is 0 Å². The van der Waals surface area contributed by atoms with Crippen LogP contribution in [0.3, 0.4) is 0 Å². The zero-order valence-electron chi connectivity index (χ0n) is 19.7. The Balaban J connectivity index is 5.64. The summed E-state index contributed by atoms with van der Waals surface area (Å²) < 4.78 is 0. The number of carbonyl (C=O) groups is 7. The van der Waals surface area contributed by atoms with Crippen molar-refractivity contribution >= 4 is 41.4 Å². The molecule has 12 N–H and O–H groups in total. The Morgan fingerprint density at radius 1 is 0.743 bits per heavy atom. The molecule has 0 aliphatic carbocycles. The predicted octanol–water partition coefficient (Wildman–Crippen LogP) is -3.69. The van der Waals surface area contributed by atoms with Crippen LogP contribution in [0.15, 0.2) is 0 Å². The number of primary amides is 3. The zero-order valence-corrected chi connectivity index (χ0v) is 19.7. The quantitative estimate of drug-likeness (QED) is 0.0971. The molecule has 0 aromatic rings. The van der Waals surface area contributed by atoms with E-state index in [0.717, 1.165) is 0 Å². The van der Waals surface area contributed by atoms with E-state index < -0.39 is 77.9 Å². The fraction of sp³-hybridized carbons (Fsp3) is 0.650. The minimum Gasteiger partial charge on any atom is -0.480 e. The summed E-state index contributed by atoms with van der Waals surface area (Å²) in [7, 11) is 0. The number of carboxylic acids is 1. The minimum absolute atomic E-state index is 0.266. The van der Waals surface area contributed by atoms with Gasteiger partial charge in [0.1, 0.15) is 18.1 Å². The van der Waals surface area contributed by atoms with Crippen molar-refractivity contribution in [2.75, 3.05) is 0 Å². The molecule has 0 spiro atoms. The first kappa shape index (κ1) is 31.2. The van der Waals surface area contributed by atoms with Crippen LogP contribution in [-0.4, -0.2) is 70.7 Å². The summed E-state index contributed by atoms with van der Waals surface area (Å²) in [6.45, 7) is 3.39. The largest absolute Gasteiger partial charge is 0.480 e. The highest BCUT2D eigenvalue weighted by atomic mass is 16.4. The van der Waals surface area contributed by atoms with Crippen LogP contribution in [0.1, 0.15) is 52.4 Å². The van der Waals surface area contributed by atoms with Crippen LogP contribution in [0.25, 0.3) is 0 Å². The van der Waals surface area contributed by atoms with Gasteiger partial charge in [0, 0.05) is 12.8 Å². The average molecular weight is 502 g/mol. The van der Waals surface area contributed by atoms with E-state index in [9.17, 15) is 38.7 Å². The van der Waals surface area contributed by atoms with E-state index in [-0.39, 0.29) is 25.7 Å². The Hall–Kier alpha value is -3.75. The van der Waals surface area contributed by atoms with Gasteiger partial charge in [0.05, 0.1) is 12.5 Å². The second-order valence-corrected chi connectivity index (χ2v) is 8.12. The lowest BCUT2D eigenvalue weighted by molar-refractivity contribution is -0.143. The molecule has 5 unspecified atom stereocenters. The van der Waals surface area contributed by atoms with E-state index in [2.05, 4.69) is 16.0 Å². The van der Waals surface area contributed by atoms with E-state index >= 15 is 0 Å². The number of rotatable bonds is 17. The molecule has 0 bridgehead atoms.